The van der Waals surface area contributed by atoms with Crippen LogP contribution < -0.4 is 15.4 Å². The molecule has 3 amide bonds. The molecule has 10 nitrogen and oxygen atoms in total. The Morgan fingerprint density at radius 1 is 1.26 bits per heavy atom. The van der Waals surface area contributed by atoms with E-state index in [1.54, 1.807) is 48.3 Å². The number of rotatable bonds is 6. The number of nitrogens with one attached hydrogen (secondary N) is 2. The van der Waals surface area contributed by atoms with E-state index in [0.29, 0.717) is 34.8 Å². The fraction of sp³-hybridized carbons (Fsp3) is 0.208. The zero-order valence-corrected chi connectivity index (χ0v) is 18.3. The Bertz CT molecular complexity index is 1390. The number of amides is 3. The van der Waals surface area contributed by atoms with Gasteiger partial charge in [0.1, 0.15) is 11.3 Å². The van der Waals surface area contributed by atoms with Gasteiger partial charge in [-0.25, -0.2) is 4.98 Å². The number of ether oxygens (including phenoxy) is 1. The van der Waals surface area contributed by atoms with Crippen molar-refractivity contribution in [3.63, 3.8) is 0 Å². The molecule has 0 bridgehead atoms. The van der Waals surface area contributed by atoms with Crippen LogP contribution in [-0.2, 0) is 21.4 Å². The highest BCUT2D eigenvalue weighted by Crippen LogP contribution is 2.34. The number of carbonyl (C=O) groups is 3. The number of hydrogen-bond acceptors (Lipinski definition) is 7. The summed E-state index contributed by atoms with van der Waals surface area (Å²) in [5.41, 5.74) is 2.64. The number of para-hydroxylation sites is 1. The van der Waals surface area contributed by atoms with Gasteiger partial charge in [-0.15, -0.1) is 0 Å². The number of aryl methyl sites for hydroxylation is 1. The van der Waals surface area contributed by atoms with Crippen LogP contribution >= 0.6 is 0 Å². The van der Waals surface area contributed by atoms with Crippen LogP contribution in [0.5, 0.6) is 5.75 Å². The van der Waals surface area contributed by atoms with E-state index < -0.39 is 5.92 Å². The molecule has 1 aliphatic heterocycles. The molecular weight excluding hydrogens is 438 g/mol. The van der Waals surface area contributed by atoms with Crippen molar-refractivity contribution in [2.24, 2.45) is 7.05 Å². The lowest BCUT2D eigenvalue weighted by atomic mass is 9.93. The van der Waals surface area contributed by atoms with Gasteiger partial charge in [0, 0.05) is 30.1 Å². The second kappa shape index (κ2) is 8.81. The Kier molecular flexibility index (Phi) is 5.54. The molecule has 5 rings (SSSR count). The summed E-state index contributed by atoms with van der Waals surface area (Å²) < 4.78 is 12.7. The molecule has 4 aromatic rings. The smallest absolute Gasteiger partial charge is 0.262 e. The van der Waals surface area contributed by atoms with Gasteiger partial charge in [-0.1, -0.05) is 24.3 Å². The van der Waals surface area contributed by atoms with E-state index in [2.05, 4.69) is 20.7 Å². The number of aromatic nitrogens is 3. The molecule has 1 saturated heterocycles. The van der Waals surface area contributed by atoms with Crippen LogP contribution in [0.2, 0.25) is 0 Å². The maximum absolute atomic E-state index is 12.6. The van der Waals surface area contributed by atoms with E-state index in [1.807, 2.05) is 12.1 Å². The van der Waals surface area contributed by atoms with Crippen molar-refractivity contribution in [1.82, 2.24) is 20.1 Å². The third kappa shape index (κ3) is 4.13. The summed E-state index contributed by atoms with van der Waals surface area (Å²) >= 11 is 0. The van der Waals surface area contributed by atoms with Crippen LogP contribution in [0.15, 0.2) is 59.5 Å². The number of nitrogens with zero attached hydrogens (tertiary/aromatic N) is 3. The highest BCUT2D eigenvalue weighted by atomic mass is 16.5. The van der Waals surface area contributed by atoms with Crippen molar-refractivity contribution < 1.29 is 23.5 Å². The van der Waals surface area contributed by atoms with Crippen LogP contribution in [0, 0.1) is 0 Å². The second-order valence-corrected chi connectivity index (χ2v) is 7.95. The molecule has 0 aliphatic carbocycles. The topological polar surface area (TPSA) is 128 Å². The zero-order chi connectivity index (χ0) is 23.7. The molecule has 1 unspecified atom stereocenters. The van der Waals surface area contributed by atoms with Gasteiger partial charge < -0.3 is 14.5 Å². The van der Waals surface area contributed by atoms with Gasteiger partial charge in [-0.2, -0.15) is 5.10 Å². The number of fused-ring (bicyclic) bond motifs is 1. The quantitative estimate of drug-likeness (QED) is 0.424. The van der Waals surface area contributed by atoms with Gasteiger partial charge in [0.15, 0.2) is 18.8 Å². The van der Waals surface area contributed by atoms with Crippen LogP contribution in [-0.4, -0.2) is 39.1 Å². The number of piperidine rings is 1. The van der Waals surface area contributed by atoms with E-state index in [-0.39, 0.29) is 30.7 Å². The molecule has 2 aromatic carbocycles. The maximum atomic E-state index is 12.6. The van der Waals surface area contributed by atoms with E-state index in [1.165, 1.54) is 6.39 Å². The van der Waals surface area contributed by atoms with Crippen LogP contribution in [0.4, 0.5) is 5.69 Å². The first-order valence-corrected chi connectivity index (χ1v) is 10.7. The normalized spacial score (nSPS) is 15.9. The Morgan fingerprint density at radius 3 is 2.91 bits per heavy atom. The first-order chi connectivity index (χ1) is 16.5. The summed E-state index contributed by atoms with van der Waals surface area (Å²) in [5.74, 6) is -0.410. The number of anilines is 1. The van der Waals surface area contributed by atoms with E-state index in [0.717, 1.165) is 10.9 Å². The standard InChI is InChI=1S/C24H21N5O5/c1-29-23-16(22(28-29)17-8-9-20(30)27-24(17)32)6-3-7-18(23)33-12-21(31)26-15-5-2-4-14(10-15)19-11-25-13-34-19/h2-7,10-11,13,17H,8-9,12H2,1H3,(H,26,31)(H,27,30,32). The highest BCUT2D eigenvalue weighted by Gasteiger charge is 2.32. The molecule has 172 valence electrons. The maximum Gasteiger partial charge on any atom is 0.262 e. The van der Waals surface area contributed by atoms with Crippen molar-refractivity contribution in [2.45, 2.75) is 18.8 Å². The van der Waals surface area contributed by atoms with Gasteiger partial charge in [0.2, 0.25) is 11.8 Å². The average Bonchev–Trinajstić information content (AvgIpc) is 3.47. The van der Waals surface area contributed by atoms with Crippen molar-refractivity contribution in [3.8, 4) is 17.1 Å². The predicted octanol–water partition coefficient (Wildman–Crippen LogP) is 2.77. The lowest BCUT2D eigenvalue weighted by molar-refractivity contribution is -0.134. The minimum absolute atomic E-state index is 0.218. The second-order valence-electron chi connectivity index (χ2n) is 7.95. The summed E-state index contributed by atoms with van der Waals surface area (Å²) in [6.07, 6.45) is 3.61. The molecule has 1 atom stereocenters. The predicted molar refractivity (Wildman–Crippen MR) is 122 cm³/mol. The van der Waals surface area contributed by atoms with Crippen molar-refractivity contribution in [1.29, 1.82) is 0 Å². The van der Waals surface area contributed by atoms with Crippen molar-refractivity contribution in [3.05, 3.63) is 60.7 Å². The Morgan fingerprint density at radius 2 is 2.12 bits per heavy atom. The number of hydrogen-bond donors (Lipinski definition) is 2. The summed E-state index contributed by atoms with van der Waals surface area (Å²) in [5, 5.41) is 10.5. The van der Waals surface area contributed by atoms with Gasteiger partial charge in [0.25, 0.3) is 5.91 Å². The number of imide groups is 1. The monoisotopic (exact) mass is 459 g/mol. The minimum atomic E-state index is -0.517. The fourth-order valence-electron chi connectivity index (χ4n) is 4.11. The lowest BCUT2D eigenvalue weighted by Gasteiger charge is -2.19. The molecule has 34 heavy (non-hydrogen) atoms. The molecular formula is C24H21N5O5. The molecule has 3 heterocycles. The number of carbonyl (C=O) groups excluding carboxylic acids is 3. The van der Waals surface area contributed by atoms with Crippen LogP contribution in [0.1, 0.15) is 24.5 Å². The first kappa shape index (κ1) is 21.4. The third-order valence-corrected chi connectivity index (χ3v) is 5.65. The molecule has 2 N–H and O–H groups in total. The van der Waals surface area contributed by atoms with E-state index in [9.17, 15) is 14.4 Å². The number of benzene rings is 2. The van der Waals surface area contributed by atoms with Crippen molar-refractivity contribution in [2.75, 3.05) is 11.9 Å². The van der Waals surface area contributed by atoms with E-state index >= 15 is 0 Å². The average molecular weight is 459 g/mol. The molecule has 1 aliphatic rings. The summed E-state index contributed by atoms with van der Waals surface area (Å²) in [4.78, 5) is 40.3. The van der Waals surface area contributed by atoms with Gasteiger partial charge in [-0.05, 0) is 24.6 Å². The van der Waals surface area contributed by atoms with Crippen LogP contribution in [0.3, 0.4) is 0 Å². The minimum Gasteiger partial charge on any atom is -0.481 e. The first-order valence-electron chi connectivity index (χ1n) is 10.7. The van der Waals surface area contributed by atoms with Crippen LogP contribution in [0.25, 0.3) is 22.2 Å². The SMILES string of the molecule is Cn1nc(C2CCC(=O)NC2=O)c2cccc(OCC(=O)Nc3cccc(-c4cnco4)c3)c21. The zero-order valence-electron chi connectivity index (χ0n) is 18.3. The Hall–Kier alpha value is -4.47. The Labute approximate surface area is 193 Å². The summed E-state index contributed by atoms with van der Waals surface area (Å²) in [6, 6.07) is 12.6. The molecule has 1 fully saturated rings. The molecule has 10 heteroatoms. The van der Waals surface area contributed by atoms with Gasteiger partial charge in [-0.3, -0.25) is 24.4 Å². The third-order valence-electron chi connectivity index (χ3n) is 5.65. The largest absolute Gasteiger partial charge is 0.481 e. The lowest BCUT2D eigenvalue weighted by Crippen LogP contribution is -2.39. The fourth-order valence-corrected chi connectivity index (χ4v) is 4.11. The van der Waals surface area contributed by atoms with Crippen molar-refractivity contribution >= 4 is 34.3 Å². The molecule has 0 saturated carbocycles. The van der Waals surface area contributed by atoms with Gasteiger partial charge in [0.05, 0.1) is 17.8 Å². The Balaban J connectivity index is 1.31. The summed E-state index contributed by atoms with van der Waals surface area (Å²) in [6.45, 7) is -0.218. The molecule has 2 aromatic heterocycles. The summed E-state index contributed by atoms with van der Waals surface area (Å²) in [7, 11) is 1.75. The molecule has 0 radical (unpaired) electrons. The highest BCUT2D eigenvalue weighted by molar-refractivity contribution is 6.03. The van der Waals surface area contributed by atoms with E-state index in [4.69, 9.17) is 9.15 Å². The number of oxazole rings is 1. The van der Waals surface area contributed by atoms with Gasteiger partial charge >= 0.3 is 0 Å². The molecule has 0 spiro atoms.